The Bertz CT molecular complexity index is 441. The van der Waals surface area contributed by atoms with E-state index in [2.05, 4.69) is 5.32 Å². The summed E-state index contributed by atoms with van der Waals surface area (Å²) >= 11 is 1.68. The summed E-state index contributed by atoms with van der Waals surface area (Å²) in [4.78, 5) is 24.2. The largest absolute Gasteiger partial charge is 0.296 e. The van der Waals surface area contributed by atoms with Crippen molar-refractivity contribution in [2.24, 2.45) is 5.92 Å². The molecule has 4 heteroatoms. The number of carbonyl (C=O) groups is 2. The van der Waals surface area contributed by atoms with Crippen LogP contribution in [-0.4, -0.2) is 18.1 Å². The maximum atomic E-state index is 11.6. The Balaban J connectivity index is 2.24. The Morgan fingerprint density at radius 2 is 1.88 bits per heavy atom. The molecule has 0 aromatic heterocycles. The molecular weight excluding hydrogens is 234 g/mol. The first-order valence-electron chi connectivity index (χ1n) is 5.59. The standard InChI is InChI=1S/C13H15NO2S/c1-8-11(7-12(15)14-13(8)16)9-3-5-10(17-2)6-4-9/h3-6,8,11H,7H2,1-2H3,(H,14,15,16). The van der Waals surface area contributed by atoms with Gasteiger partial charge in [0, 0.05) is 23.2 Å². The number of carbonyl (C=O) groups excluding carboxylic acids is 2. The Kier molecular flexibility index (Phi) is 3.52. The second-order valence-electron chi connectivity index (χ2n) is 4.28. The minimum atomic E-state index is -0.174. The summed E-state index contributed by atoms with van der Waals surface area (Å²) in [5.74, 6) is -0.479. The molecule has 2 rings (SSSR count). The number of benzene rings is 1. The van der Waals surface area contributed by atoms with Crippen LogP contribution in [0.15, 0.2) is 29.2 Å². The van der Waals surface area contributed by atoms with Crippen molar-refractivity contribution in [3.63, 3.8) is 0 Å². The smallest absolute Gasteiger partial charge is 0.230 e. The van der Waals surface area contributed by atoms with Crippen LogP contribution in [0.25, 0.3) is 0 Å². The van der Waals surface area contributed by atoms with Gasteiger partial charge < -0.3 is 0 Å². The third-order valence-corrected chi connectivity index (χ3v) is 3.97. The Morgan fingerprint density at radius 3 is 2.47 bits per heavy atom. The minimum absolute atomic E-state index is 0.00663. The molecule has 2 atom stereocenters. The molecule has 90 valence electrons. The van der Waals surface area contributed by atoms with E-state index >= 15 is 0 Å². The number of nitrogens with one attached hydrogen (secondary N) is 1. The molecule has 1 aromatic rings. The zero-order valence-corrected chi connectivity index (χ0v) is 10.7. The molecule has 1 N–H and O–H groups in total. The molecule has 1 heterocycles. The summed E-state index contributed by atoms with van der Waals surface area (Å²) in [6.07, 6.45) is 2.42. The number of piperidine rings is 1. The highest BCUT2D eigenvalue weighted by Gasteiger charge is 2.33. The van der Waals surface area contributed by atoms with E-state index in [1.54, 1.807) is 11.8 Å². The second kappa shape index (κ2) is 4.92. The number of hydrogen-bond acceptors (Lipinski definition) is 3. The van der Waals surface area contributed by atoms with Crippen LogP contribution >= 0.6 is 11.8 Å². The van der Waals surface area contributed by atoms with Gasteiger partial charge in [-0.3, -0.25) is 14.9 Å². The fourth-order valence-corrected chi connectivity index (χ4v) is 2.53. The van der Waals surface area contributed by atoms with Gasteiger partial charge >= 0.3 is 0 Å². The van der Waals surface area contributed by atoms with Gasteiger partial charge in [-0.05, 0) is 24.0 Å². The van der Waals surface area contributed by atoms with Gasteiger partial charge in [0.15, 0.2) is 0 Å². The van der Waals surface area contributed by atoms with Gasteiger partial charge in [-0.2, -0.15) is 0 Å². The normalized spacial score (nSPS) is 24.6. The lowest BCUT2D eigenvalue weighted by Crippen LogP contribution is -2.43. The van der Waals surface area contributed by atoms with Crippen LogP contribution in [0.2, 0.25) is 0 Å². The predicted octanol–water partition coefficient (Wildman–Crippen LogP) is 2.17. The SMILES string of the molecule is CSc1ccc(C2CC(=O)NC(=O)C2C)cc1. The topological polar surface area (TPSA) is 46.2 Å². The van der Waals surface area contributed by atoms with Crippen molar-refractivity contribution in [3.8, 4) is 0 Å². The van der Waals surface area contributed by atoms with Crippen LogP contribution < -0.4 is 5.32 Å². The van der Waals surface area contributed by atoms with E-state index in [1.165, 1.54) is 4.90 Å². The van der Waals surface area contributed by atoms with Crippen molar-refractivity contribution >= 4 is 23.6 Å². The summed E-state index contributed by atoms with van der Waals surface area (Å²) in [5, 5.41) is 2.37. The van der Waals surface area contributed by atoms with E-state index in [4.69, 9.17) is 0 Å². The van der Waals surface area contributed by atoms with Gasteiger partial charge in [0.2, 0.25) is 11.8 Å². The zero-order valence-electron chi connectivity index (χ0n) is 9.90. The van der Waals surface area contributed by atoms with E-state index in [1.807, 2.05) is 37.4 Å². The molecule has 2 unspecified atom stereocenters. The van der Waals surface area contributed by atoms with E-state index in [9.17, 15) is 9.59 Å². The highest BCUT2D eigenvalue weighted by atomic mass is 32.2. The summed E-state index contributed by atoms with van der Waals surface area (Å²) < 4.78 is 0. The lowest BCUT2D eigenvalue weighted by molar-refractivity contribution is -0.136. The van der Waals surface area contributed by atoms with Crippen molar-refractivity contribution in [2.75, 3.05) is 6.26 Å². The summed E-state index contributed by atoms with van der Waals surface area (Å²) in [5.41, 5.74) is 1.07. The average Bonchev–Trinajstić information content (AvgIpc) is 2.34. The monoisotopic (exact) mass is 249 g/mol. The van der Waals surface area contributed by atoms with Gasteiger partial charge in [0.05, 0.1) is 0 Å². The molecule has 2 amide bonds. The molecule has 1 aliphatic rings. The molecule has 1 aromatic carbocycles. The Morgan fingerprint density at radius 1 is 1.24 bits per heavy atom. The molecule has 0 bridgehead atoms. The zero-order chi connectivity index (χ0) is 12.4. The van der Waals surface area contributed by atoms with Crippen LogP contribution in [0.3, 0.4) is 0 Å². The van der Waals surface area contributed by atoms with Crippen LogP contribution in [0.5, 0.6) is 0 Å². The van der Waals surface area contributed by atoms with Gasteiger partial charge in [-0.15, -0.1) is 11.8 Å². The first-order valence-corrected chi connectivity index (χ1v) is 6.82. The highest BCUT2D eigenvalue weighted by molar-refractivity contribution is 7.98. The number of hydrogen-bond donors (Lipinski definition) is 1. The molecule has 0 spiro atoms. The third kappa shape index (κ3) is 2.52. The number of imide groups is 1. The molecule has 0 aliphatic carbocycles. The number of amides is 2. The van der Waals surface area contributed by atoms with Crippen molar-refractivity contribution in [3.05, 3.63) is 29.8 Å². The van der Waals surface area contributed by atoms with Crippen LogP contribution in [0.4, 0.5) is 0 Å². The maximum absolute atomic E-state index is 11.6. The van der Waals surface area contributed by atoms with Gasteiger partial charge in [0.1, 0.15) is 0 Å². The van der Waals surface area contributed by atoms with E-state index in [0.717, 1.165) is 5.56 Å². The van der Waals surface area contributed by atoms with E-state index in [-0.39, 0.29) is 23.7 Å². The summed E-state index contributed by atoms with van der Waals surface area (Å²) in [6, 6.07) is 8.09. The molecule has 0 radical (unpaired) electrons. The van der Waals surface area contributed by atoms with Gasteiger partial charge in [-0.25, -0.2) is 0 Å². The summed E-state index contributed by atoms with van der Waals surface area (Å²) in [6.45, 7) is 1.87. The molecule has 1 aliphatic heterocycles. The Hall–Kier alpha value is -1.29. The molecule has 0 saturated carbocycles. The predicted molar refractivity (Wildman–Crippen MR) is 67.9 cm³/mol. The maximum Gasteiger partial charge on any atom is 0.230 e. The molecule has 17 heavy (non-hydrogen) atoms. The van der Waals surface area contributed by atoms with Crippen LogP contribution in [0, 0.1) is 5.92 Å². The fourth-order valence-electron chi connectivity index (χ4n) is 2.12. The minimum Gasteiger partial charge on any atom is -0.296 e. The van der Waals surface area contributed by atoms with Crippen molar-refractivity contribution in [1.82, 2.24) is 5.32 Å². The van der Waals surface area contributed by atoms with E-state index < -0.39 is 0 Å². The quantitative estimate of drug-likeness (QED) is 0.645. The summed E-state index contributed by atoms with van der Waals surface area (Å²) in [7, 11) is 0. The lowest BCUT2D eigenvalue weighted by atomic mass is 9.81. The van der Waals surface area contributed by atoms with Crippen molar-refractivity contribution in [2.45, 2.75) is 24.2 Å². The molecule has 3 nitrogen and oxygen atoms in total. The fraction of sp³-hybridized carbons (Fsp3) is 0.385. The van der Waals surface area contributed by atoms with Crippen molar-refractivity contribution in [1.29, 1.82) is 0 Å². The molecule has 1 saturated heterocycles. The van der Waals surface area contributed by atoms with E-state index in [0.29, 0.717) is 6.42 Å². The first kappa shape index (κ1) is 12.2. The van der Waals surface area contributed by atoms with Crippen LogP contribution in [-0.2, 0) is 9.59 Å². The third-order valence-electron chi connectivity index (χ3n) is 3.23. The first-order chi connectivity index (χ1) is 8.11. The van der Waals surface area contributed by atoms with Crippen molar-refractivity contribution < 1.29 is 9.59 Å². The van der Waals surface area contributed by atoms with Gasteiger partial charge in [-0.1, -0.05) is 19.1 Å². The molecule has 1 fully saturated rings. The average molecular weight is 249 g/mol. The second-order valence-corrected chi connectivity index (χ2v) is 5.16. The van der Waals surface area contributed by atoms with Crippen LogP contribution in [0.1, 0.15) is 24.8 Å². The van der Waals surface area contributed by atoms with Gasteiger partial charge in [0.25, 0.3) is 0 Å². The number of rotatable bonds is 2. The highest BCUT2D eigenvalue weighted by Crippen LogP contribution is 2.31. The number of thioether (sulfide) groups is 1. The molecular formula is C13H15NO2S. The lowest BCUT2D eigenvalue weighted by Gasteiger charge is -2.27. The Labute approximate surface area is 105 Å².